The van der Waals surface area contributed by atoms with E-state index in [0.717, 1.165) is 0 Å². The molecule has 1 N–H and O–H groups in total. The van der Waals surface area contributed by atoms with Gasteiger partial charge in [-0.2, -0.15) is 26.3 Å². The second kappa shape index (κ2) is 5.62. The zero-order chi connectivity index (χ0) is 16.8. The van der Waals surface area contributed by atoms with E-state index >= 15 is 0 Å². The van der Waals surface area contributed by atoms with Gasteiger partial charge in [-0.25, -0.2) is 0 Å². The third-order valence-corrected chi connectivity index (χ3v) is 4.88. The molecule has 2 bridgehead atoms. The number of rotatable bonds is 4. The minimum absolute atomic E-state index is 0.0411. The molecule has 4 atom stereocenters. The predicted octanol–water partition coefficient (Wildman–Crippen LogP) is 4.20. The van der Waals surface area contributed by atoms with E-state index in [0.29, 0.717) is 19.3 Å². The molecular weight excluding hydrogens is 314 g/mol. The fourth-order valence-corrected chi connectivity index (χ4v) is 3.89. The van der Waals surface area contributed by atoms with Crippen molar-refractivity contribution < 1.29 is 36.2 Å². The van der Waals surface area contributed by atoms with Crippen molar-refractivity contribution in [1.29, 1.82) is 0 Å². The highest BCUT2D eigenvalue weighted by Crippen LogP contribution is 2.54. The van der Waals surface area contributed by atoms with Gasteiger partial charge in [0, 0.05) is 0 Å². The molecule has 0 aliphatic heterocycles. The Hall–Kier alpha value is -0.920. The Kier molecular flexibility index (Phi) is 4.45. The first-order chi connectivity index (χ1) is 9.98. The number of hydrogen-bond donors (Lipinski definition) is 1. The zero-order valence-corrected chi connectivity index (χ0v) is 11.8. The molecule has 0 aromatic heterocycles. The fraction of sp³-hybridized carbons (Fsp3) is 0.857. The summed E-state index contributed by atoms with van der Waals surface area (Å²) in [6.45, 7) is 3.41. The summed E-state index contributed by atoms with van der Waals surface area (Å²) in [7, 11) is 0. The Morgan fingerprint density at radius 3 is 2.09 bits per heavy atom. The molecule has 2 nitrogen and oxygen atoms in total. The van der Waals surface area contributed by atoms with E-state index in [2.05, 4.69) is 6.58 Å². The molecule has 2 saturated carbocycles. The van der Waals surface area contributed by atoms with Crippen molar-refractivity contribution >= 4 is 0 Å². The summed E-state index contributed by atoms with van der Waals surface area (Å²) in [5.74, 6) is -1.06. The standard InChI is InChI=1S/C14H18F6O2/c1-2-22-11-5-8-3-9(6-11)10(4-8)7-12(21,13(15,16)17)14(18,19)20/h2,8-11,21H,1,3-7H2/t8-,9?,10?,11?/m0/s1. The van der Waals surface area contributed by atoms with Crippen LogP contribution in [0.5, 0.6) is 0 Å². The van der Waals surface area contributed by atoms with Gasteiger partial charge in [-0.3, -0.25) is 0 Å². The molecule has 0 aromatic carbocycles. The van der Waals surface area contributed by atoms with Crippen molar-refractivity contribution in [2.45, 2.75) is 56.2 Å². The molecule has 128 valence electrons. The van der Waals surface area contributed by atoms with Crippen molar-refractivity contribution in [3.05, 3.63) is 12.8 Å². The van der Waals surface area contributed by atoms with Gasteiger partial charge in [-0.05, 0) is 49.9 Å². The molecule has 0 saturated heterocycles. The molecule has 0 spiro atoms. The molecule has 2 aliphatic carbocycles. The van der Waals surface area contributed by atoms with E-state index in [9.17, 15) is 31.4 Å². The molecule has 0 radical (unpaired) electrons. The minimum Gasteiger partial charge on any atom is -0.499 e. The third kappa shape index (κ3) is 3.07. The SMILES string of the molecule is C=COC1CC2C[C@H](C1)CC2CC(O)(C(F)(F)F)C(F)(F)F. The van der Waals surface area contributed by atoms with E-state index in [1.54, 1.807) is 0 Å². The smallest absolute Gasteiger partial charge is 0.426 e. The highest BCUT2D eigenvalue weighted by atomic mass is 19.4. The van der Waals surface area contributed by atoms with Crippen LogP contribution in [-0.4, -0.2) is 29.2 Å². The maximum absolute atomic E-state index is 12.8. The van der Waals surface area contributed by atoms with Gasteiger partial charge in [0.25, 0.3) is 5.60 Å². The largest absolute Gasteiger partial charge is 0.499 e. The fourth-order valence-electron chi connectivity index (χ4n) is 3.89. The van der Waals surface area contributed by atoms with Crippen LogP contribution in [0.4, 0.5) is 26.3 Å². The van der Waals surface area contributed by atoms with Gasteiger partial charge in [0.1, 0.15) is 0 Å². The second-order valence-corrected chi connectivity index (χ2v) is 6.31. The highest BCUT2D eigenvalue weighted by molar-refractivity contribution is 5.00. The average molecular weight is 332 g/mol. The van der Waals surface area contributed by atoms with Crippen LogP contribution in [0.1, 0.15) is 32.1 Å². The molecule has 2 fully saturated rings. The average Bonchev–Trinajstić information content (AvgIpc) is 2.61. The monoisotopic (exact) mass is 332 g/mol. The summed E-state index contributed by atoms with van der Waals surface area (Å²) < 4.78 is 82.0. The summed E-state index contributed by atoms with van der Waals surface area (Å²) in [6, 6.07) is 0. The lowest BCUT2D eigenvalue weighted by atomic mass is 9.80. The maximum Gasteiger partial charge on any atom is 0.426 e. The van der Waals surface area contributed by atoms with Crippen LogP contribution in [0.2, 0.25) is 0 Å². The van der Waals surface area contributed by atoms with Gasteiger partial charge in [-0.15, -0.1) is 0 Å². The number of halogens is 6. The van der Waals surface area contributed by atoms with E-state index in [1.165, 1.54) is 6.26 Å². The first kappa shape index (κ1) is 17.4. The Labute approximate surface area is 124 Å². The third-order valence-electron chi connectivity index (χ3n) is 4.88. The van der Waals surface area contributed by atoms with E-state index in [4.69, 9.17) is 4.74 Å². The Bertz CT molecular complexity index is 403. The number of alkyl halides is 6. The molecule has 0 aromatic rings. The topological polar surface area (TPSA) is 29.5 Å². The Balaban J connectivity index is 2.14. The summed E-state index contributed by atoms with van der Waals surface area (Å²) >= 11 is 0. The van der Waals surface area contributed by atoms with E-state index in [-0.39, 0.29) is 24.4 Å². The summed E-state index contributed by atoms with van der Waals surface area (Å²) in [5.41, 5.74) is -4.64. The molecule has 8 heteroatoms. The van der Waals surface area contributed by atoms with Crippen molar-refractivity contribution in [2.24, 2.45) is 17.8 Å². The van der Waals surface area contributed by atoms with Crippen LogP contribution in [0.15, 0.2) is 12.8 Å². The predicted molar refractivity (Wildman–Crippen MR) is 65.7 cm³/mol. The van der Waals surface area contributed by atoms with Gasteiger partial charge in [0.15, 0.2) is 0 Å². The van der Waals surface area contributed by atoms with E-state index < -0.39 is 30.3 Å². The van der Waals surface area contributed by atoms with Crippen molar-refractivity contribution in [3.8, 4) is 0 Å². The van der Waals surface area contributed by atoms with Crippen molar-refractivity contribution in [1.82, 2.24) is 0 Å². The second-order valence-electron chi connectivity index (χ2n) is 6.31. The maximum atomic E-state index is 12.8. The number of hydrogen-bond acceptors (Lipinski definition) is 2. The number of ether oxygens (including phenoxy) is 1. The molecule has 0 amide bonds. The van der Waals surface area contributed by atoms with Gasteiger partial charge in [-0.1, -0.05) is 6.58 Å². The Morgan fingerprint density at radius 2 is 1.59 bits per heavy atom. The molecular formula is C14H18F6O2. The lowest BCUT2D eigenvalue weighted by Gasteiger charge is -2.36. The van der Waals surface area contributed by atoms with Gasteiger partial charge in [0.2, 0.25) is 0 Å². The first-order valence-corrected chi connectivity index (χ1v) is 7.10. The molecule has 22 heavy (non-hydrogen) atoms. The number of aliphatic hydroxyl groups is 1. The van der Waals surface area contributed by atoms with Crippen molar-refractivity contribution in [3.63, 3.8) is 0 Å². The van der Waals surface area contributed by atoms with Crippen LogP contribution in [-0.2, 0) is 4.74 Å². The summed E-state index contributed by atoms with van der Waals surface area (Å²) in [5, 5.41) is 9.34. The van der Waals surface area contributed by atoms with Crippen LogP contribution in [0.3, 0.4) is 0 Å². The minimum atomic E-state index is -5.74. The van der Waals surface area contributed by atoms with E-state index in [1.807, 2.05) is 0 Å². The highest BCUT2D eigenvalue weighted by Gasteiger charge is 2.71. The lowest BCUT2D eigenvalue weighted by molar-refractivity contribution is -0.373. The molecule has 2 rings (SSSR count). The normalized spacial score (nSPS) is 32.9. The van der Waals surface area contributed by atoms with Crippen LogP contribution >= 0.6 is 0 Å². The number of fused-ring (bicyclic) bond motifs is 2. The van der Waals surface area contributed by atoms with Gasteiger partial charge < -0.3 is 9.84 Å². The summed E-state index contributed by atoms with van der Waals surface area (Å²) in [6.07, 6.45) is -9.92. The summed E-state index contributed by atoms with van der Waals surface area (Å²) in [4.78, 5) is 0. The van der Waals surface area contributed by atoms with Crippen LogP contribution < -0.4 is 0 Å². The van der Waals surface area contributed by atoms with Gasteiger partial charge >= 0.3 is 12.4 Å². The zero-order valence-electron chi connectivity index (χ0n) is 11.8. The molecule has 3 unspecified atom stereocenters. The van der Waals surface area contributed by atoms with Crippen LogP contribution in [0.25, 0.3) is 0 Å². The van der Waals surface area contributed by atoms with Crippen molar-refractivity contribution in [2.75, 3.05) is 0 Å². The van der Waals surface area contributed by atoms with Crippen LogP contribution in [0, 0.1) is 17.8 Å². The molecule has 2 aliphatic rings. The lowest BCUT2D eigenvalue weighted by Crippen LogP contribution is -2.58. The molecule has 0 heterocycles. The Morgan fingerprint density at radius 1 is 1.00 bits per heavy atom. The van der Waals surface area contributed by atoms with Gasteiger partial charge in [0.05, 0.1) is 12.4 Å². The quantitative estimate of drug-likeness (QED) is 0.618. The first-order valence-electron chi connectivity index (χ1n) is 7.10.